The second-order valence-corrected chi connectivity index (χ2v) is 10.1. The Morgan fingerprint density at radius 3 is 1.23 bits per heavy atom. The summed E-state index contributed by atoms with van der Waals surface area (Å²) in [6.07, 6.45) is 0.879. The second-order valence-electron chi connectivity index (χ2n) is 10.1. The Balaban J connectivity index is 1.07. The third-order valence-corrected chi connectivity index (χ3v) is 7.75. The first-order valence-electron chi connectivity index (χ1n) is 13.3. The van der Waals surface area contributed by atoms with E-state index in [0.717, 1.165) is 72.6 Å². The minimum absolute atomic E-state index is 0.879. The number of hydrogen-bond acceptors (Lipinski definition) is 2. The van der Waals surface area contributed by atoms with Crippen molar-refractivity contribution in [2.75, 3.05) is 0 Å². The molecule has 0 amide bonds. The fourth-order valence-corrected chi connectivity index (χ4v) is 5.79. The molecule has 0 aliphatic carbocycles. The third-order valence-electron chi connectivity index (χ3n) is 7.75. The Bertz CT molecular complexity index is 1970. The molecule has 0 aliphatic rings. The first-order chi connectivity index (χ1) is 19.3. The van der Waals surface area contributed by atoms with E-state index < -0.39 is 0 Å². The van der Waals surface area contributed by atoms with E-state index in [1.165, 1.54) is 11.1 Å². The maximum absolute atomic E-state index is 6.25. The Morgan fingerprint density at radius 1 is 0.359 bits per heavy atom. The van der Waals surface area contributed by atoms with E-state index in [-0.39, 0.29) is 0 Å². The molecule has 0 bridgehead atoms. The maximum atomic E-state index is 6.25. The lowest BCUT2D eigenvalue weighted by Gasteiger charge is -2.07. The van der Waals surface area contributed by atoms with Crippen molar-refractivity contribution in [3.05, 3.63) is 145 Å². The molecule has 2 heteroatoms. The van der Waals surface area contributed by atoms with Gasteiger partial charge in [0, 0.05) is 32.7 Å². The molecule has 184 valence electrons. The summed E-state index contributed by atoms with van der Waals surface area (Å²) in [6.45, 7) is 0. The lowest BCUT2D eigenvalue weighted by atomic mass is 9.97. The molecular weight excluding hydrogens is 476 g/mol. The molecule has 0 radical (unpaired) electrons. The van der Waals surface area contributed by atoms with Crippen LogP contribution in [0.25, 0.3) is 66.1 Å². The highest BCUT2D eigenvalue weighted by atomic mass is 16.3. The summed E-state index contributed by atoms with van der Waals surface area (Å²) in [6, 6.07) is 46.9. The summed E-state index contributed by atoms with van der Waals surface area (Å²) in [7, 11) is 0. The van der Waals surface area contributed by atoms with Crippen molar-refractivity contribution in [2.45, 2.75) is 6.42 Å². The molecule has 6 aromatic carbocycles. The van der Waals surface area contributed by atoms with Gasteiger partial charge in [-0.2, -0.15) is 0 Å². The van der Waals surface area contributed by atoms with Gasteiger partial charge in [0.05, 0.1) is 0 Å². The predicted molar refractivity (Wildman–Crippen MR) is 161 cm³/mol. The van der Waals surface area contributed by atoms with Crippen LogP contribution in [0.2, 0.25) is 0 Å². The van der Waals surface area contributed by atoms with Gasteiger partial charge in [0.15, 0.2) is 0 Å². The van der Waals surface area contributed by atoms with Crippen LogP contribution >= 0.6 is 0 Å². The minimum atomic E-state index is 0.879. The van der Waals surface area contributed by atoms with Gasteiger partial charge in [0.2, 0.25) is 0 Å². The average Bonchev–Trinajstić information content (AvgIpc) is 3.57. The van der Waals surface area contributed by atoms with Crippen molar-refractivity contribution in [3.63, 3.8) is 0 Å². The lowest BCUT2D eigenvalue weighted by molar-refractivity contribution is 0.669. The van der Waals surface area contributed by atoms with Crippen molar-refractivity contribution in [2.24, 2.45) is 0 Å². The van der Waals surface area contributed by atoms with Crippen LogP contribution in [0.5, 0.6) is 0 Å². The first kappa shape index (κ1) is 22.0. The second kappa shape index (κ2) is 8.75. The van der Waals surface area contributed by atoms with Gasteiger partial charge in [-0.1, -0.05) is 121 Å². The van der Waals surface area contributed by atoms with Crippen molar-refractivity contribution in [3.8, 4) is 22.3 Å². The van der Waals surface area contributed by atoms with E-state index in [1.807, 2.05) is 24.3 Å². The van der Waals surface area contributed by atoms with Gasteiger partial charge >= 0.3 is 0 Å². The van der Waals surface area contributed by atoms with Crippen molar-refractivity contribution in [1.82, 2.24) is 0 Å². The number of benzene rings is 6. The van der Waals surface area contributed by atoms with Crippen LogP contribution in [-0.2, 0) is 6.42 Å². The molecule has 8 aromatic rings. The third kappa shape index (κ3) is 3.65. The van der Waals surface area contributed by atoms with Crippen LogP contribution < -0.4 is 0 Å². The van der Waals surface area contributed by atoms with E-state index in [9.17, 15) is 0 Å². The quantitative estimate of drug-likeness (QED) is 0.240. The standard InChI is InChI=1S/C37H24O2/c1-3-13-34-30(7-1)32-11-5-9-28(36(32)38-34)26-19-15-24(16-20-26)23-25-17-21-27(22-18-25)29-10-6-12-33-31-8-2-4-14-35(31)39-37(29)33/h1-22H,23H2. The van der Waals surface area contributed by atoms with Gasteiger partial charge in [-0.05, 0) is 40.8 Å². The lowest BCUT2D eigenvalue weighted by Crippen LogP contribution is -1.89. The van der Waals surface area contributed by atoms with Crippen LogP contribution in [0.15, 0.2) is 142 Å². The van der Waals surface area contributed by atoms with E-state index in [0.29, 0.717) is 0 Å². The zero-order valence-electron chi connectivity index (χ0n) is 21.2. The number of hydrogen-bond donors (Lipinski definition) is 0. The molecule has 0 atom stereocenters. The molecule has 0 unspecified atom stereocenters. The van der Waals surface area contributed by atoms with Crippen LogP contribution in [0.3, 0.4) is 0 Å². The van der Waals surface area contributed by atoms with Gasteiger partial charge in [-0.25, -0.2) is 0 Å². The Kier molecular flexibility index (Phi) is 4.92. The highest BCUT2D eigenvalue weighted by molar-refractivity contribution is 6.10. The van der Waals surface area contributed by atoms with E-state index in [2.05, 4.69) is 109 Å². The summed E-state index contributed by atoms with van der Waals surface area (Å²) in [4.78, 5) is 0. The Hall–Kier alpha value is -5.08. The fourth-order valence-electron chi connectivity index (χ4n) is 5.79. The Labute approximate surface area is 225 Å². The number of fused-ring (bicyclic) bond motifs is 6. The molecule has 0 fully saturated rings. The first-order valence-corrected chi connectivity index (χ1v) is 13.3. The van der Waals surface area contributed by atoms with Gasteiger partial charge in [0.1, 0.15) is 22.3 Å². The summed E-state index contributed by atoms with van der Waals surface area (Å²) < 4.78 is 12.5. The average molecular weight is 501 g/mol. The smallest absolute Gasteiger partial charge is 0.143 e. The largest absolute Gasteiger partial charge is 0.455 e. The molecule has 2 aromatic heterocycles. The molecule has 0 saturated carbocycles. The van der Waals surface area contributed by atoms with Crippen molar-refractivity contribution < 1.29 is 8.83 Å². The number of para-hydroxylation sites is 4. The van der Waals surface area contributed by atoms with Crippen molar-refractivity contribution in [1.29, 1.82) is 0 Å². The van der Waals surface area contributed by atoms with Crippen LogP contribution in [0.4, 0.5) is 0 Å². The number of rotatable bonds is 4. The summed E-state index contributed by atoms with van der Waals surface area (Å²) in [5.74, 6) is 0. The molecule has 0 aliphatic heterocycles. The van der Waals surface area contributed by atoms with Crippen LogP contribution in [0, 0.1) is 0 Å². The summed E-state index contributed by atoms with van der Waals surface area (Å²) in [5, 5.41) is 4.63. The SMILES string of the molecule is c1ccc2c(c1)oc1c(-c3ccc(Cc4ccc(-c5cccc6c5oc5ccccc56)cc4)cc3)cccc12. The molecule has 0 spiro atoms. The summed E-state index contributed by atoms with van der Waals surface area (Å²) in [5.41, 5.74) is 10.9. The number of furan rings is 2. The van der Waals surface area contributed by atoms with E-state index in [4.69, 9.17) is 8.83 Å². The summed E-state index contributed by atoms with van der Waals surface area (Å²) >= 11 is 0. The van der Waals surface area contributed by atoms with E-state index in [1.54, 1.807) is 0 Å². The van der Waals surface area contributed by atoms with Gasteiger partial charge in [-0.3, -0.25) is 0 Å². The molecule has 2 nitrogen and oxygen atoms in total. The highest BCUT2D eigenvalue weighted by Gasteiger charge is 2.13. The molecular formula is C37H24O2. The topological polar surface area (TPSA) is 26.3 Å². The maximum Gasteiger partial charge on any atom is 0.143 e. The molecule has 39 heavy (non-hydrogen) atoms. The van der Waals surface area contributed by atoms with Crippen LogP contribution in [-0.4, -0.2) is 0 Å². The van der Waals surface area contributed by atoms with Gasteiger partial charge < -0.3 is 8.83 Å². The molecule has 2 heterocycles. The normalized spacial score (nSPS) is 11.7. The monoisotopic (exact) mass is 500 g/mol. The van der Waals surface area contributed by atoms with Crippen LogP contribution in [0.1, 0.15) is 11.1 Å². The Morgan fingerprint density at radius 2 is 0.769 bits per heavy atom. The molecule has 8 rings (SSSR count). The zero-order chi connectivity index (χ0) is 25.8. The fraction of sp³-hybridized carbons (Fsp3) is 0.0270. The predicted octanol–water partition coefficient (Wildman–Crippen LogP) is 10.4. The molecule has 0 N–H and O–H groups in total. The zero-order valence-corrected chi connectivity index (χ0v) is 21.2. The van der Waals surface area contributed by atoms with Gasteiger partial charge in [-0.15, -0.1) is 0 Å². The van der Waals surface area contributed by atoms with Crippen molar-refractivity contribution >= 4 is 43.9 Å². The highest BCUT2D eigenvalue weighted by Crippen LogP contribution is 2.37. The molecule has 0 saturated heterocycles. The van der Waals surface area contributed by atoms with E-state index >= 15 is 0 Å². The minimum Gasteiger partial charge on any atom is -0.455 e. The van der Waals surface area contributed by atoms with Gasteiger partial charge in [0.25, 0.3) is 0 Å².